The van der Waals surface area contributed by atoms with Crippen LogP contribution >= 0.6 is 15.9 Å². The smallest absolute Gasteiger partial charge is 0.310 e. The van der Waals surface area contributed by atoms with Gasteiger partial charge in [-0.3, -0.25) is 9.59 Å². The molecule has 0 amide bonds. The number of esters is 1. The lowest BCUT2D eigenvalue weighted by Crippen LogP contribution is -2.11. The van der Waals surface area contributed by atoms with Gasteiger partial charge in [-0.25, -0.2) is 0 Å². The molecule has 6 heteroatoms. The van der Waals surface area contributed by atoms with Crippen molar-refractivity contribution in [2.45, 2.75) is 6.42 Å². The van der Waals surface area contributed by atoms with Crippen LogP contribution in [0.5, 0.6) is 11.5 Å². The molecule has 1 aliphatic heterocycles. The zero-order chi connectivity index (χ0) is 16.4. The first kappa shape index (κ1) is 15.6. The molecule has 0 aliphatic carbocycles. The van der Waals surface area contributed by atoms with Gasteiger partial charge in [0.1, 0.15) is 0 Å². The Labute approximate surface area is 141 Å². The number of ketones is 1. The Morgan fingerprint density at radius 1 is 1.13 bits per heavy atom. The molecule has 0 bridgehead atoms. The van der Waals surface area contributed by atoms with E-state index in [1.807, 2.05) is 6.07 Å². The summed E-state index contributed by atoms with van der Waals surface area (Å²) >= 11 is 3.38. The summed E-state index contributed by atoms with van der Waals surface area (Å²) in [5.74, 6) is 0.390. The summed E-state index contributed by atoms with van der Waals surface area (Å²) in [6.07, 6.45) is -0.0152. The Hall–Kier alpha value is -2.34. The van der Waals surface area contributed by atoms with E-state index >= 15 is 0 Å². The van der Waals surface area contributed by atoms with E-state index in [-0.39, 0.29) is 19.0 Å². The van der Waals surface area contributed by atoms with Crippen LogP contribution in [-0.2, 0) is 16.0 Å². The van der Waals surface area contributed by atoms with Gasteiger partial charge in [0.25, 0.3) is 0 Å². The van der Waals surface area contributed by atoms with E-state index in [9.17, 15) is 9.59 Å². The second-order valence-corrected chi connectivity index (χ2v) is 5.78. The zero-order valence-corrected chi connectivity index (χ0v) is 13.9. The molecular weight excluding hydrogens is 364 g/mol. The van der Waals surface area contributed by atoms with E-state index < -0.39 is 5.97 Å². The van der Waals surface area contributed by atoms with E-state index in [0.717, 1.165) is 0 Å². The van der Waals surface area contributed by atoms with Crippen molar-refractivity contribution < 1.29 is 23.8 Å². The number of carbonyl (C=O) groups is 2. The minimum Gasteiger partial charge on any atom is -0.469 e. The van der Waals surface area contributed by atoms with Crippen LogP contribution in [0, 0.1) is 0 Å². The van der Waals surface area contributed by atoms with Crippen molar-refractivity contribution in [2.24, 2.45) is 0 Å². The molecule has 0 atom stereocenters. The van der Waals surface area contributed by atoms with E-state index in [2.05, 4.69) is 15.9 Å². The molecule has 23 heavy (non-hydrogen) atoms. The van der Waals surface area contributed by atoms with E-state index in [0.29, 0.717) is 32.7 Å². The van der Waals surface area contributed by atoms with Crippen LogP contribution in [0.1, 0.15) is 21.5 Å². The Kier molecular flexibility index (Phi) is 4.34. The maximum Gasteiger partial charge on any atom is 0.310 e. The van der Waals surface area contributed by atoms with Gasteiger partial charge in [0.05, 0.1) is 13.5 Å². The lowest BCUT2D eigenvalue weighted by Gasteiger charge is -2.11. The fourth-order valence-electron chi connectivity index (χ4n) is 2.36. The highest BCUT2D eigenvalue weighted by atomic mass is 79.9. The zero-order valence-electron chi connectivity index (χ0n) is 12.3. The SMILES string of the molecule is COC(=O)Cc1cc2c(cc1C(=O)c1ccccc1Br)OCO2. The number of carbonyl (C=O) groups excluding carboxylic acids is 2. The molecule has 0 saturated heterocycles. The van der Waals surface area contributed by atoms with Crippen LogP contribution in [0.3, 0.4) is 0 Å². The number of ether oxygens (including phenoxy) is 3. The van der Waals surface area contributed by atoms with Gasteiger partial charge in [0, 0.05) is 15.6 Å². The Bertz CT molecular complexity index is 785. The maximum atomic E-state index is 12.9. The topological polar surface area (TPSA) is 61.8 Å². The highest BCUT2D eigenvalue weighted by Crippen LogP contribution is 2.36. The molecule has 0 saturated carbocycles. The number of methoxy groups -OCH3 is 1. The normalized spacial score (nSPS) is 12.1. The van der Waals surface area contributed by atoms with Crippen molar-refractivity contribution in [3.8, 4) is 11.5 Å². The molecule has 2 aromatic rings. The third-order valence-electron chi connectivity index (χ3n) is 3.52. The molecule has 0 radical (unpaired) electrons. The van der Waals surface area contributed by atoms with Crippen LogP contribution in [0.4, 0.5) is 0 Å². The molecule has 5 nitrogen and oxygen atoms in total. The summed E-state index contributed by atoms with van der Waals surface area (Å²) < 4.78 is 16.1. The molecule has 3 rings (SSSR count). The van der Waals surface area contributed by atoms with Crippen LogP contribution < -0.4 is 9.47 Å². The van der Waals surface area contributed by atoms with Gasteiger partial charge in [-0.15, -0.1) is 0 Å². The summed E-state index contributed by atoms with van der Waals surface area (Å²) in [6, 6.07) is 10.4. The molecular formula is C17H13BrO5. The van der Waals surface area contributed by atoms with Gasteiger partial charge in [0.2, 0.25) is 6.79 Å². The summed E-state index contributed by atoms with van der Waals surface area (Å²) in [5.41, 5.74) is 1.45. The maximum absolute atomic E-state index is 12.9. The van der Waals surface area contributed by atoms with E-state index in [4.69, 9.17) is 14.2 Å². The second-order valence-electron chi connectivity index (χ2n) is 4.92. The first-order valence-corrected chi connectivity index (χ1v) is 7.68. The molecule has 0 N–H and O–H groups in total. The van der Waals surface area contributed by atoms with Crippen molar-refractivity contribution in [1.82, 2.24) is 0 Å². The largest absolute Gasteiger partial charge is 0.469 e. The number of halogens is 1. The van der Waals surface area contributed by atoms with Crippen LogP contribution in [0.15, 0.2) is 40.9 Å². The first-order valence-electron chi connectivity index (χ1n) is 6.88. The van der Waals surface area contributed by atoms with E-state index in [1.54, 1.807) is 30.3 Å². The number of hydrogen-bond acceptors (Lipinski definition) is 5. The highest BCUT2D eigenvalue weighted by Gasteiger charge is 2.24. The number of benzene rings is 2. The number of hydrogen-bond donors (Lipinski definition) is 0. The Balaban J connectivity index is 2.08. The predicted octanol–water partition coefficient (Wildman–Crippen LogP) is 3.12. The Morgan fingerprint density at radius 2 is 1.83 bits per heavy atom. The van der Waals surface area contributed by atoms with Crippen molar-refractivity contribution >= 4 is 27.7 Å². The average Bonchev–Trinajstić information content (AvgIpc) is 3.01. The van der Waals surface area contributed by atoms with E-state index in [1.165, 1.54) is 7.11 Å². The van der Waals surface area contributed by atoms with Gasteiger partial charge >= 0.3 is 5.97 Å². The van der Waals surface area contributed by atoms with Crippen molar-refractivity contribution in [3.05, 3.63) is 57.6 Å². The second kappa shape index (κ2) is 6.42. The van der Waals surface area contributed by atoms with Gasteiger partial charge < -0.3 is 14.2 Å². The van der Waals surface area contributed by atoms with Crippen LogP contribution in [-0.4, -0.2) is 25.7 Å². The molecule has 0 aromatic heterocycles. The molecule has 2 aromatic carbocycles. The Morgan fingerprint density at radius 3 is 2.52 bits per heavy atom. The lowest BCUT2D eigenvalue weighted by atomic mass is 9.96. The third-order valence-corrected chi connectivity index (χ3v) is 4.22. The fraction of sp³-hybridized carbons (Fsp3) is 0.176. The lowest BCUT2D eigenvalue weighted by molar-refractivity contribution is -0.139. The van der Waals surface area contributed by atoms with Crippen molar-refractivity contribution in [3.63, 3.8) is 0 Å². The highest BCUT2D eigenvalue weighted by molar-refractivity contribution is 9.10. The summed E-state index contributed by atoms with van der Waals surface area (Å²) in [4.78, 5) is 24.5. The quantitative estimate of drug-likeness (QED) is 0.605. The monoisotopic (exact) mass is 376 g/mol. The molecule has 118 valence electrons. The molecule has 0 unspecified atom stereocenters. The summed E-state index contributed by atoms with van der Waals surface area (Å²) in [7, 11) is 1.31. The third kappa shape index (κ3) is 3.07. The van der Waals surface area contributed by atoms with Gasteiger partial charge in [-0.2, -0.15) is 0 Å². The van der Waals surface area contributed by atoms with Gasteiger partial charge in [-0.05, 0) is 29.8 Å². The molecule has 1 aliphatic rings. The van der Waals surface area contributed by atoms with Crippen LogP contribution in [0.2, 0.25) is 0 Å². The summed E-state index contributed by atoms with van der Waals surface area (Å²) in [6.45, 7) is 0.0969. The number of fused-ring (bicyclic) bond motifs is 1. The minimum atomic E-state index is -0.426. The first-order chi connectivity index (χ1) is 11.1. The standard InChI is InChI=1S/C17H13BrO5/c1-21-16(19)7-10-6-14-15(23-9-22-14)8-12(10)17(20)11-4-2-3-5-13(11)18/h2-6,8H,7,9H2,1H3. The minimum absolute atomic E-state index is 0.0152. The predicted molar refractivity (Wildman–Crippen MR) is 85.9 cm³/mol. The van der Waals surface area contributed by atoms with Crippen molar-refractivity contribution in [2.75, 3.05) is 13.9 Å². The number of rotatable bonds is 4. The van der Waals surface area contributed by atoms with Gasteiger partial charge in [0.15, 0.2) is 17.3 Å². The summed E-state index contributed by atoms with van der Waals surface area (Å²) in [5, 5.41) is 0. The van der Waals surface area contributed by atoms with Crippen LogP contribution in [0.25, 0.3) is 0 Å². The molecule has 1 heterocycles. The molecule has 0 fully saturated rings. The molecule has 0 spiro atoms. The van der Waals surface area contributed by atoms with Gasteiger partial charge in [-0.1, -0.05) is 28.1 Å². The average molecular weight is 377 g/mol. The fourth-order valence-corrected chi connectivity index (χ4v) is 2.82. The van der Waals surface area contributed by atoms with Crippen molar-refractivity contribution in [1.29, 1.82) is 0 Å².